The second-order valence-electron chi connectivity index (χ2n) is 3.60. The maximum absolute atomic E-state index is 13.9. The Labute approximate surface area is 110 Å². The second-order valence-corrected chi connectivity index (χ2v) is 4.01. The molecule has 0 radical (unpaired) electrons. The molecule has 1 unspecified atom stereocenters. The zero-order valence-electron chi connectivity index (χ0n) is 10.2. The number of hydrogen-bond donors (Lipinski definition) is 1. The maximum Gasteiger partial charge on any atom is 0.323 e. The van der Waals surface area contributed by atoms with Crippen LogP contribution in [0.1, 0.15) is 12.5 Å². The third kappa shape index (κ3) is 3.34. The van der Waals surface area contributed by atoms with E-state index in [2.05, 4.69) is 0 Å². The van der Waals surface area contributed by atoms with Crippen molar-refractivity contribution in [3.8, 4) is 5.75 Å². The van der Waals surface area contributed by atoms with Gasteiger partial charge in [-0.15, -0.1) is 0 Å². The number of esters is 1. The fourth-order valence-electron chi connectivity index (χ4n) is 1.47. The molecule has 0 heterocycles. The molecule has 1 rings (SSSR count). The summed E-state index contributed by atoms with van der Waals surface area (Å²) in [5.74, 6) is -1.13. The Bertz CT molecular complexity index is 440. The first kappa shape index (κ1) is 14.7. The molecular weight excluding hydrogens is 261 g/mol. The zero-order chi connectivity index (χ0) is 13.7. The minimum Gasteiger partial charge on any atom is -0.494 e. The van der Waals surface area contributed by atoms with Gasteiger partial charge in [-0.1, -0.05) is 11.6 Å². The maximum atomic E-state index is 13.9. The average molecular weight is 276 g/mol. The predicted molar refractivity (Wildman–Crippen MR) is 66.3 cm³/mol. The molecule has 6 heteroatoms. The van der Waals surface area contributed by atoms with E-state index in [-0.39, 0.29) is 29.4 Å². The van der Waals surface area contributed by atoms with Crippen LogP contribution in [-0.2, 0) is 16.0 Å². The number of ether oxygens (including phenoxy) is 2. The fraction of sp³-hybridized carbons (Fsp3) is 0.417. The molecule has 1 atom stereocenters. The van der Waals surface area contributed by atoms with E-state index >= 15 is 0 Å². The van der Waals surface area contributed by atoms with E-state index in [0.717, 1.165) is 0 Å². The minimum absolute atomic E-state index is 0.0410. The molecule has 0 saturated heterocycles. The summed E-state index contributed by atoms with van der Waals surface area (Å²) >= 11 is 5.88. The smallest absolute Gasteiger partial charge is 0.323 e. The lowest BCUT2D eigenvalue weighted by molar-refractivity contribution is -0.144. The first-order valence-electron chi connectivity index (χ1n) is 5.44. The average Bonchev–Trinajstić information content (AvgIpc) is 2.34. The van der Waals surface area contributed by atoms with Crippen molar-refractivity contribution in [1.29, 1.82) is 0 Å². The minimum atomic E-state index is -0.955. The van der Waals surface area contributed by atoms with Crippen LogP contribution in [0.15, 0.2) is 12.1 Å². The Kier molecular flexibility index (Phi) is 5.37. The Morgan fingerprint density at radius 3 is 2.78 bits per heavy atom. The number of methoxy groups -OCH3 is 1. The summed E-state index contributed by atoms with van der Waals surface area (Å²) in [6.45, 7) is 1.89. The number of carbonyl (C=O) groups is 1. The summed E-state index contributed by atoms with van der Waals surface area (Å²) in [5.41, 5.74) is 5.77. The summed E-state index contributed by atoms with van der Waals surface area (Å²) in [6.07, 6.45) is -0.0410. The van der Waals surface area contributed by atoms with E-state index in [1.54, 1.807) is 6.92 Å². The van der Waals surface area contributed by atoms with Crippen molar-refractivity contribution in [3.63, 3.8) is 0 Å². The molecule has 4 nitrogen and oxygen atoms in total. The molecule has 1 aromatic rings. The first-order valence-corrected chi connectivity index (χ1v) is 5.82. The van der Waals surface area contributed by atoms with Crippen LogP contribution in [0, 0.1) is 5.82 Å². The number of carbonyl (C=O) groups excluding carboxylic acids is 1. The third-order valence-corrected chi connectivity index (χ3v) is 2.74. The van der Waals surface area contributed by atoms with Crippen molar-refractivity contribution < 1.29 is 18.7 Å². The van der Waals surface area contributed by atoms with E-state index < -0.39 is 17.8 Å². The lowest BCUT2D eigenvalue weighted by Crippen LogP contribution is -2.34. The molecule has 0 saturated carbocycles. The van der Waals surface area contributed by atoms with Gasteiger partial charge < -0.3 is 15.2 Å². The van der Waals surface area contributed by atoms with Crippen molar-refractivity contribution in [3.05, 3.63) is 28.5 Å². The summed E-state index contributed by atoms with van der Waals surface area (Å²) in [7, 11) is 1.35. The normalized spacial score (nSPS) is 12.1. The van der Waals surface area contributed by atoms with Gasteiger partial charge in [0, 0.05) is 17.0 Å². The van der Waals surface area contributed by atoms with E-state index in [0.29, 0.717) is 0 Å². The summed E-state index contributed by atoms with van der Waals surface area (Å²) < 4.78 is 23.5. The van der Waals surface area contributed by atoms with Gasteiger partial charge in [-0.25, -0.2) is 4.39 Å². The largest absolute Gasteiger partial charge is 0.494 e. The van der Waals surface area contributed by atoms with E-state index in [9.17, 15) is 9.18 Å². The molecule has 0 fully saturated rings. The molecule has 0 aliphatic heterocycles. The molecular formula is C12H15ClFNO3. The first-order chi connectivity index (χ1) is 8.51. The van der Waals surface area contributed by atoms with Gasteiger partial charge >= 0.3 is 5.97 Å². The van der Waals surface area contributed by atoms with Gasteiger partial charge in [0.05, 0.1) is 13.7 Å². The summed E-state index contributed by atoms with van der Waals surface area (Å²) in [5, 5.41) is 0.202. The Morgan fingerprint density at radius 2 is 2.22 bits per heavy atom. The monoisotopic (exact) mass is 275 g/mol. The quantitative estimate of drug-likeness (QED) is 0.834. The highest BCUT2D eigenvalue weighted by atomic mass is 35.5. The Hall–Kier alpha value is -1.33. The SMILES string of the molecule is CCOC(=O)C(N)Cc1c(Cl)ccc(OC)c1F. The van der Waals surface area contributed by atoms with Crippen molar-refractivity contribution in [2.75, 3.05) is 13.7 Å². The molecule has 0 spiro atoms. The van der Waals surface area contributed by atoms with Gasteiger partial charge in [0.15, 0.2) is 11.6 Å². The highest BCUT2D eigenvalue weighted by Crippen LogP contribution is 2.28. The molecule has 2 N–H and O–H groups in total. The van der Waals surface area contributed by atoms with Gasteiger partial charge in [-0.2, -0.15) is 0 Å². The van der Waals surface area contributed by atoms with Crippen molar-refractivity contribution >= 4 is 17.6 Å². The zero-order valence-corrected chi connectivity index (χ0v) is 11.0. The molecule has 0 aliphatic carbocycles. The molecule has 100 valence electrons. The number of halogens is 2. The van der Waals surface area contributed by atoms with E-state index in [1.165, 1.54) is 19.2 Å². The van der Waals surface area contributed by atoms with Crippen LogP contribution in [-0.4, -0.2) is 25.7 Å². The van der Waals surface area contributed by atoms with Crippen LogP contribution in [0.3, 0.4) is 0 Å². The molecule has 0 aromatic heterocycles. The number of benzene rings is 1. The second kappa shape index (κ2) is 6.56. The molecule has 0 bridgehead atoms. The lowest BCUT2D eigenvalue weighted by atomic mass is 10.1. The summed E-state index contributed by atoms with van der Waals surface area (Å²) in [6, 6.07) is 1.96. The Balaban J connectivity index is 2.93. The molecule has 0 aliphatic rings. The van der Waals surface area contributed by atoms with Crippen LogP contribution in [0.5, 0.6) is 5.75 Å². The van der Waals surface area contributed by atoms with Crippen LogP contribution >= 0.6 is 11.6 Å². The standard InChI is InChI=1S/C12H15ClFNO3/c1-3-18-12(16)9(15)6-7-8(13)4-5-10(17-2)11(7)14/h4-5,9H,3,6,15H2,1-2H3. The highest BCUT2D eigenvalue weighted by molar-refractivity contribution is 6.31. The fourth-order valence-corrected chi connectivity index (χ4v) is 1.70. The number of nitrogens with two attached hydrogens (primary N) is 1. The third-order valence-electron chi connectivity index (χ3n) is 2.38. The highest BCUT2D eigenvalue weighted by Gasteiger charge is 2.21. The van der Waals surface area contributed by atoms with E-state index in [4.69, 9.17) is 26.8 Å². The lowest BCUT2D eigenvalue weighted by Gasteiger charge is -2.13. The number of hydrogen-bond acceptors (Lipinski definition) is 4. The van der Waals surface area contributed by atoms with Gasteiger partial charge in [0.25, 0.3) is 0 Å². The van der Waals surface area contributed by atoms with Crippen molar-refractivity contribution in [2.24, 2.45) is 5.73 Å². The van der Waals surface area contributed by atoms with E-state index in [1.807, 2.05) is 0 Å². The topological polar surface area (TPSA) is 61.5 Å². The molecule has 1 aromatic carbocycles. The Morgan fingerprint density at radius 1 is 1.56 bits per heavy atom. The summed E-state index contributed by atoms with van der Waals surface area (Å²) in [4.78, 5) is 11.4. The van der Waals surface area contributed by atoms with Crippen molar-refractivity contribution in [2.45, 2.75) is 19.4 Å². The van der Waals surface area contributed by atoms with Gasteiger partial charge in [0.2, 0.25) is 0 Å². The molecule has 0 amide bonds. The van der Waals surface area contributed by atoms with Gasteiger partial charge in [-0.3, -0.25) is 4.79 Å². The van der Waals surface area contributed by atoms with Crippen molar-refractivity contribution in [1.82, 2.24) is 0 Å². The van der Waals surface area contributed by atoms with Gasteiger partial charge in [0.1, 0.15) is 6.04 Å². The van der Waals surface area contributed by atoms with Crippen LogP contribution in [0.4, 0.5) is 4.39 Å². The number of rotatable bonds is 5. The van der Waals surface area contributed by atoms with Gasteiger partial charge in [-0.05, 0) is 19.1 Å². The van der Waals surface area contributed by atoms with Crippen LogP contribution < -0.4 is 10.5 Å². The predicted octanol–water partition coefficient (Wildman–Crippen LogP) is 1.92. The molecule has 18 heavy (non-hydrogen) atoms. The van der Waals surface area contributed by atoms with Crippen LogP contribution in [0.2, 0.25) is 5.02 Å². The van der Waals surface area contributed by atoms with Crippen LogP contribution in [0.25, 0.3) is 0 Å².